The minimum Gasteiger partial charge on any atom is -0.338 e. The van der Waals surface area contributed by atoms with Crippen LogP contribution in [0.3, 0.4) is 0 Å². The second-order valence-electron chi connectivity index (χ2n) is 5.86. The van der Waals surface area contributed by atoms with Gasteiger partial charge in [0.25, 0.3) is 5.91 Å². The zero-order chi connectivity index (χ0) is 12.5. The van der Waals surface area contributed by atoms with E-state index in [1.54, 1.807) is 0 Å². The number of hydrogen-bond donors (Lipinski definition) is 0. The Morgan fingerprint density at radius 3 is 2.72 bits per heavy atom. The lowest BCUT2D eigenvalue weighted by Gasteiger charge is -2.31. The fourth-order valence-electron chi connectivity index (χ4n) is 2.99. The molecule has 0 aromatic heterocycles. The standard InChI is InChI=1S/C16H21NO/c1-12-5-4-10-17(11-12)16(18)15-7-3-2-6-14(15)13-8-9-13/h2-3,6-7,12-13H,4-5,8-11H2,1H3/t12-/m1/s1. The number of piperidine rings is 1. The van der Waals surface area contributed by atoms with Crippen LogP contribution < -0.4 is 0 Å². The molecule has 3 rings (SSSR count). The molecule has 0 N–H and O–H groups in total. The topological polar surface area (TPSA) is 20.3 Å². The maximum absolute atomic E-state index is 12.6. The Kier molecular flexibility index (Phi) is 3.11. The number of rotatable bonds is 2. The van der Waals surface area contributed by atoms with Crippen molar-refractivity contribution in [2.45, 2.75) is 38.5 Å². The van der Waals surface area contributed by atoms with Gasteiger partial charge in [0.15, 0.2) is 0 Å². The van der Waals surface area contributed by atoms with Gasteiger partial charge in [0.1, 0.15) is 0 Å². The predicted molar refractivity (Wildman–Crippen MR) is 72.7 cm³/mol. The van der Waals surface area contributed by atoms with Gasteiger partial charge in [-0.05, 0) is 49.1 Å². The fourth-order valence-corrected chi connectivity index (χ4v) is 2.99. The van der Waals surface area contributed by atoms with Gasteiger partial charge in [-0.3, -0.25) is 4.79 Å². The highest BCUT2D eigenvalue weighted by Gasteiger charge is 2.30. The first-order valence-electron chi connectivity index (χ1n) is 7.14. The van der Waals surface area contributed by atoms with Gasteiger partial charge in [-0.1, -0.05) is 25.1 Å². The zero-order valence-electron chi connectivity index (χ0n) is 11.1. The molecule has 18 heavy (non-hydrogen) atoms. The number of hydrogen-bond acceptors (Lipinski definition) is 1. The first-order chi connectivity index (χ1) is 8.75. The van der Waals surface area contributed by atoms with Gasteiger partial charge in [0.2, 0.25) is 0 Å². The van der Waals surface area contributed by atoms with Crippen LogP contribution in [-0.2, 0) is 0 Å². The molecule has 0 unspecified atom stereocenters. The highest BCUT2D eigenvalue weighted by molar-refractivity contribution is 5.96. The monoisotopic (exact) mass is 243 g/mol. The number of nitrogens with zero attached hydrogens (tertiary/aromatic N) is 1. The quantitative estimate of drug-likeness (QED) is 0.779. The van der Waals surface area contributed by atoms with Gasteiger partial charge >= 0.3 is 0 Å². The summed E-state index contributed by atoms with van der Waals surface area (Å²) in [5.41, 5.74) is 2.23. The molecule has 1 heterocycles. The largest absolute Gasteiger partial charge is 0.338 e. The third-order valence-electron chi connectivity index (χ3n) is 4.15. The number of carbonyl (C=O) groups excluding carboxylic acids is 1. The van der Waals surface area contributed by atoms with E-state index in [1.807, 2.05) is 12.1 Å². The second-order valence-corrected chi connectivity index (χ2v) is 5.86. The average Bonchev–Trinajstić information content (AvgIpc) is 3.22. The van der Waals surface area contributed by atoms with Crippen molar-refractivity contribution in [1.82, 2.24) is 4.90 Å². The van der Waals surface area contributed by atoms with Crippen LogP contribution >= 0.6 is 0 Å². The molecule has 0 bridgehead atoms. The summed E-state index contributed by atoms with van der Waals surface area (Å²) in [6.07, 6.45) is 4.91. The molecule has 1 aliphatic heterocycles. The number of likely N-dealkylation sites (tertiary alicyclic amines) is 1. The molecule has 1 saturated carbocycles. The smallest absolute Gasteiger partial charge is 0.254 e. The summed E-state index contributed by atoms with van der Waals surface area (Å²) in [5.74, 6) is 1.55. The predicted octanol–water partition coefficient (Wildman–Crippen LogP) is 3.44. The summed E-state index contributed by atoms with van der Waals surface area (Å²) < 4.78 is 0. The summed E-state index contributed by atoms with van der Waals surface area (Å²) in [4.78, 5) is 14.7. The SMILES string of the molecule is C[C@@H]1CCCN(C(=O)c2ccccc2C2CC2)C1. The van der Waals surface area contributed by atoms with Gasteiger partial charge < -0.3 is 4.90 Å². The lowest BCUT2D eigenvalue weighted by atomic mass is 9.97. The molecule has 2 fully saturated rings. The highest BCUT2D eigenvalue weighted by Crippen LogP contribution is 2.41. The van der Waals surface area contributed by atoms with Crippen LogP contribution in [0.4, 0.5) is 0 Å². The van der Waals surface area contributed by atoms with E-state index in [2.05, 4.69) is 24.0 Å². The fraction of sp³-hybridized carbons (Fsp3) is 0.562. The first-order valence-corrected chi connectivity index (χ1v) is 7.14. The molecule has 1 saturated heterocycles. The van der Waals surface area contributed by atoms with Crippen molar-refractivity contribution in [2.24, 2.45) is 5.92 Å². The Morgan fingerprint density at radius 1 is 1.22 bits per heavy atom. The van der Waals surface area contributed by atoms with Crippen LogP contribution in [0.5, 0.6) is 0 Å². The summed E-state index contributed by atoms with van der Waals surface area (Å²) in [6, 6.07) is 8.20. The lowest BCUT2D eigenvalue weighted by molar-refractivity contribution is 0.0682. The van der Waals surface area contributed by atoms with Crippen LogP contribution in [0.1, 0.15) is 54.4 Å². The molecule has 1 aromatic carbocycles. The third-order valence-corrected chi connectivity index (χ3v) is 4.15. The van der Waals surface area contributed by atoms with Crippen LogP contribution in [0.2, 0.25) is 0 Å². The molecule has 1 atom stereocenters. The van der Waals surface area contributed by atoms with Crippen LogP contribution in [-0.4, -0.2) is 23.9 Å². The second kappa shape index (κ2) is 4.75. The van der Waals surface area contributed by atoms with E-state index < -0.39 is 0 Å². The van der Waals surface area contributed by atoms with Gasteiger partial charge in [-0.2, -0.15) is 0 Å². The van der Waals surface area contributed by atoms with Gasteiger partial charge in [-0.25, -0.2) is 0 Å². The summed E-state index contributed by atoms with van der Waals surface area (Å²) >= 11 is 0. The van der Waals surface area contributed by atoms with Gasteiger partial charge in [0.05, 0.1) is 0 Å². The van der Waals surface area contributed by atoms with Crippen molar-refractivity contribution in [3.8, 4) is 0 Å². The number of carbonyl (C=O) groups is 1. The van der Waals surface area contributed by atoms with Crippen molar-refractivity contribution in [2.75, 3.05) is 13.1 Å². The first kappa shape index (κ1) is 11.8. The van der Waals surface area contributed by atoms with Crippen LogP contribution in [0, 0.1) is 5.92 Å². The van der Waals surface area contributed by atoms with Crippen LogP contribution in [0.25, 0.3) is 0 Å². The molecule has 1 aliphatic carbocycles. The van der Waals surface area contributed by atoms with E-state index in [0.717, 1.165) is 25.1 Å². The third kappa shape index (κ3) is 2.29. The maximum atomic E-state index is 12.6. The molecule has 2 heteroatoms. The van der Waals surface area contributed by atoms with Crippen molar-refractivity contribution < 1.29 is 4.79 Å². The van der Waals surface area contributed by atoms with E-state index in [-0.39, 0.29) is 5.91 Å². The molecule has 1 aromatic rings. The number of benzene rings is 1. The molecular weight excluding hydrogens is 222 g/mol. The van der Waals surface area contributed by atoms with Gasteiger partial charge in [0, 0.05) is 18.7 Å². The zero-order valence-corrected chi connectivity index (χ0v) is 11.1. The molecule has 2 aliphatic rings. The highest BCUT2D eigenvalue weighted by atomic mass is 16.2. The molecular formula is C16H21NO. The van der Waals surface area contributed by atoms with E-state index in [0.29, 0.717) is 11.8 Å². The Labute approximate surface area is 109 Å². The molecule has 0 radical (unpaired) electrons. The Balaban J connectivity index is 1.83. The molecule has 1 amide bonds. The van der Waals surface area contributed by atoms with Crippen molar-refractivity contribution in [3.63, 3.8) is 0 Å². The van der Waals surface area contributed by atoms with Gasteiger partial charge in [-0.15, -0.1) is 0 Å². The lowest BCUT2D eigenvalue weighted by Crippen LogP contribution is -2.39. The van der Waals surface area contributed by atoms with E-state index >= 15 is 0 Å². The normalized spacial score (nSPS) is 24.1. The summed E-state index contributed by atoms with van der Waals surface area (Å²) in [5, 5.41) is 0. The molecule has 2 nitrogen and oxygen atoms in total. The summed E-state index contributed by atoms with van der Waals surface area (Å²) in [7, 11) is 0. The van der Waals surface area contributed by atoms with E-state index in [4.69, 9.17) is 0 Å². The number of amides is 1. The van der Waals surface area contributed by atoms with Crippen LogP contribution in [0.15, 0.2) is 24.3 Å². The summed E-state index contributed by atoms with van der Waals surface area (Å²) in [6.45, 7) is 4.10. The Morgan fingerprint density at radius 2 is 2.00 bits per heavy atom. The minimum absolute atomic E-state index is 0.254. The Bertz CT molecular complexity index is 450. The Hall–Kier alpha value is -1.31. The van der Waals surface area contributed by atoms with Crippen molar-refractivity contribution in [1.29, 1.82) is 0 Å². The van der Waals surface area contributed by atoms with Crippen molar-refractivity contribution in [3.05, 3.63) is 35.4 Å². The van der Waals surface area contributed by atoms with E-state index in [9.17, 15) is 4.79 Å². The van der Waals surface area contributed by atoms with E-state index in [1.165, 1.54) is 24.8 Å². The molecule has 96 valence electrons. The maximum Gasteiger partial charge on any atom is 0.254 e. The molecule has 0 spiro atoms. The van der Waals surface area contributed by atoms with Crippen molar-refractivity contribution >= 4 is 5.91 Å². The average molecular weight is 243 g/mol. The minimum atomic E-state index is 0.254.